The lowest BCUT2D eigenvalue weighted by atomic mass is 10.1. The summed E-state index contributed by atoms with van der Waals surface area (Å²) in [6, 6.07) is 12.5. The summed E-state index contributed by atoms with van der Waals surface area (Å²) in [6.45, 7) is 3.53. The van der Waals surface area contributed by atoms with Crippen LogP contribution in [0.4, 0.5) is 11.4 Å². The SMILES string of the molecule is Cc1ccc(C)c(NC(=O)CN(c2cccc(Br)c2)S(C)(=O)=O)c1. The molecule has 2 rings (SSSR count). The highest BCUT2D eigenvalue weighted by Gasteiger charge is 2.21. The monoisotopic (exact) mass is 410 g/mol. The van der Waals surface area contributed by atoms with E-state index >= 15 is 0 Å². The minimum absolute atomic E-state index is 0.289. The van der Waals surface area contributed by atoms with Crippen molar-refractivity contribution in [3.8, 4) is 0 Å². The second-order valence-corrected chi connectivity index (χ2v) is 8.44. The van der Waals surface area contributed by atoms with Crippen molar-refractivity contribution >= 4 is 43.2 Å². The number of nitrogens with one attached hydrogen (secondary N) is 1. The average Bonchev–Trinajstić information content (AvgIpc) is 2.47. The van der Waals surface area contributed by atoms with Gasteiger partial charge in [0.25, 0.3) is 0 Å². The Morgan fingerprint density at radius 2 is 1.88 bits per heavy atom. The number of carbonyl (C=O) groups excluding carboxylic acids is 1. The minimum atomic E-state index is -3.59. The molecule has 0 unspecified atom stereocenters. The summed E-state index contributed by atoms with van der Waals surface area (Å²) in [5.41, 5.74) is 3.05. The molecule has 7 heteroatoms. The Balaban J connectivity index is 2.24. The smallest absolute Gasteiger partial charge is 0.245 e. The fourth-order valence-electron chi connectivity index (χ4n) is 2.22. The van der Waals surface area contributed by atoms with Gasteiger partial charge in [-0.1, -0.05) is 34.1 Å². The molecular formula is C17H19BrN2O3S. The molecule has 1 amide bonds. The highest BCUT2D eigenvalue weighted by Crippen LogP contribution is 2.22. The molecule has 0 aliphatic carbocycles. The maximum absolute atomic E-state index is 12.4. The second kappa shape index (κ2) is 7.36. The molecule has 0 heterocycles. The molecule has 2 aromatic rings. The van der Waals surface area contributed by atoms with Gasteiger partial charge >= 0.3 is 0 Å². The molecule has 0 aliphatic rings. The molecule has 24 heavy (non-hydrogen) atoms. The molecule has 0 saturated heterocycles. The van der Waals surface area contributed by atoms with Crippen LogP contribution in [-0.4, -0.2) is 27.1 Å². The van der Waals surface area contributed by atoms with Crippen molar-refractivity contribution in [3.63, 3.8) is 0 Å². The zero-order chi connectivity index (χ0) is 17.9. The molecular weight excluding hydrogens is 392 g/mol. The van der Waals surface area contributed by atoms with Crippen LogP contribution in [0, 0.1) is 13.8 Å². The van der Waals surface area contributed by atoms with Crippen LogP contribution < -0.4 is 9.62 Å². The predicted molar refractivity (Wildman–Crippen MR) is 101 cm³/mol. The maximum Gasteiger partial charge on any atom is 0.245 e. The van der Waals surface area contributed by atoms with Gasteiger partial charge < -0.3 is 5.32 Å². The van der Waals surface area contributed by atoms with Gasteiger partial charge in [-0.25, -0.2) is 8.42 Å². The number of nitrogens with zero attached hydrogens (tertiary/aromatic N) is 1. The summed E-state index contributed by atoms with van der Waals surface area (Å²) in [4.78, 5) is 12.4. The van der Waals surface area contributed by atoms with Crippen molar-refractivity contribution in [2.24, 2.45) is 0 Å². The molecule has 0 saturated carbocycles. The van der Waals surface area contributed by atoms with Gasteiger partial charge in [-0.3, -0.25) is 9.10 Å². The zero-order valence-corrected chi connectivity index (χ0v) is 16.1. The molecule has 2 aromatic carbocycles. The Kier molecular flexibility index (Phi) is 5.66. The third-order valence-corrected chi connectivity index (χ3v) is 5.08. The summed E-state index contributed by atoms with van der Waals surface area (Å²) in [5.74, 6) is -0.394. The molecule has 0 atom stereocenters. The van der Waals surface area contributed by atoms with Crippen molar-refractivity contribution in [2.45, 2.75) is 13.8 Å². The van der Waals surface area contributed by atoms with E-state index in [9.17, 15) is 13.2 Å². The van der Waals surface area contributed by atoms with Crippen LogP contribution in [-0.2, 0) is 14.8 Å². The molecule has 0 radical (unpaired) electrons. The van der Waals surface area contributed by atoms with Crippen molar-refractivity contribution in [3.05, 3.63) is 58.1 Å². The fraction of sp³-hybridized carbons (Fsp3) is 0.235. The van der Waals surface area contributed by atoms with E-state index in [0.29, 0.717) is 11.4 Å². The first kappa shape index (κ1) is 18.5. The van der Waals surface area contributed by atoms with Crippen molar-refractivity contribution in [1.82, 2.24) is 0 Å². The van der Waals surface area contributed by atoms with Gasteiger partial charge in [0, 0.05) is 10.2 Å². The van der Waals surface area contributed by atoms with E-state index in [0.717, 1.165) is 26.2 Å². The van der Waals surface area contributed by atoms with Gasteiger partial charge in [0.15, 0.2) is 0 Å². The van der Waals surface area contributed by atoms with E-state index in [1.54, 1.807) is 24.3 Å². The van der Waals surface area contributed by atoms with Gasteiger partial charge in [0.1, 0.15) is 6.54 Å². The Morgan fingerprint density at radius 3 is 2.50 bits per heavy atom. The summed E-state index contributed by atoms with van der Waals surface area (Å²) < 4.78 is 26.0. The van der Waals surface area contributed by atoms with Gasteiger partial charge in [-0.05, 0) is 49.2 Å². The number of carbonyl (C=O) groups is 1. The van der Waals surface area contributed by atoms with Crippen LogP contribution in [0.5, 0.6) is 0 Å². The third kappa shape index (κ3) is 4.82. The largest absolute Gasteiger partial charge is 0.324 e. The highest BCUT2D eigenvalue weighted by molar-refractivity contribution is 9.10. The molecule has 0 aromatic heterocycles. The first-order chi connectivity index (χ1) is 11.2. The first-order valence-corrected chi connectivity index (χ1v) is 9.91. The van der Waals surface area contributed by atoms with Crippen LogP contribution in [0.15, 0.2) is 46.9 Å². The van der Waals surface area contributed by atoms with E-state index in [2.05, 4.69) is 21.2 Å². The number of amides is 1. The van der Waals surface area contributed by atoms with E-state index in [4.69, 9.17) is 0 Å². The standard InChI is InChI=1S/C17H19BrN2O3S/c1-12-7-8-13(2)16(9-12)19-17(21)11-20(24(3,22)23)15-6-4-5-14(18)10-15/h4-10H,11H2,1-3H3,(H,19,21). The zero-order valence-electron chi connectivity index (χ0n) is 13.7. The Labute approximate surface area is 150 Å². The van der Waals surface area contributed by atoms with Crippen LogP contribution >= 0.6 is 15.9 Å². The molecule has 0 aliphatic heterocycles. The number of aryl methyl sites for hydroxylation is 2. The van der Waals surface area contributed by atoms with E-state index in [1.165, 1.54) is 0 Å². The number of hydrogen-bond acceptors (Lipinski definition) is 3. The van der Waals surface area contributed by atoms with Gasteiger partial charge in [0.2, 0.25) is 15.9 Å². The quantitative estimate of drug-likeness (QED) is 0.820. The maximum atomic E-state index is 12.4. The number of hydrogen-bond donors (Lipinski definition) is 1. The molecule has 0 bridgehead atoms. The summed E-state index contributed by atoms with van der Waals surface area (Å²) in [5, 5.41) is 2.78. The lowest BCUT2D eigenvalue weighted by Gasteiger charge is -2.22. The van der Waals surface area contributed by atoms with Crippen LogP contribution in [0.3, 0.4) is 0 Å². The number of halogens is 1. The summed E-state index contributed by atoms with van der Waals surface area (Å²) in [7, 11) is -3.59. The summed E-state index contributed by atoms with van der Waals surface area (Å²) in [6.07, 6.45) is 1.08. The molecule has 1 N–H and O–H groups in total. The summed E-state index contributed by atoms with van der Waals surface area (Å²) >= 11 is 3.31. The normalized spacial score (nSPS) is 11.2. The van der Waals surface area contributed by atoms with Crippen molar-refractivity contribution in [1.29, 1.82) is 0 Å². The molecule has 128 valence electrons. The number of rotatable bonds is 5. The first-order valence-electron chi connectivity index (χ1n) is 7.27. The lowest BCUT2D eigenvalue weighted by molar-refractivity contribution is -0.114. The molecule has 0 spiro atoms. The van der Waals surface area contributed by atoms with Crippen molar-refractivity contribution < 1.29 is 13.2 Å². The number of anilines is 2. The van der Waals surface area contributed by atoms with Gasteiger partial charge in [0.05, 0.1) is 11.9 Å². The van der Waals surface area contributed by atoms with E-state index in [-0.39, 0.29) is 6.54 Å². The molecule has 5 nitrogen and oxygen atoms in total. The molecule has 0 fully saturated rings. The van der Waals surface area contributed by atoms with Crippen LogP contribution in [0.2, 0.25) is 0 Å². The fourth-order valence-corrected chi connectivity index (χ4v) is 3.46. The lowest BCUT2D eigenvalue weighted by Crippen LogP contribution is -2.37. The predicted octanol–water partition coefficient (Wildman–Crippen LogP) is 3.47. The topological polar surface area (TPSA) is 66.5 Å². The minimum Gasteiger partial charge on any atom is -0.324 e. The van der Waals surface area contributed by atoms with Crippen LogP contribution in [0.1, 0.15) is 11.1 Å². The van der Waals surface area contributed by atoms with E-state index < -0.39 is 15.9 Å². The Hall–Kier alpha value is -1.86. The second-order valence-electron chi connectivity index (χ2n) is 5.62. The Morgan fingerprint density at radius 1 is 1.17 bits per heavy atom. The van der Waals surface area contributed by atoms with E-state index in [1.807, 2.05) is 32.0 Å². The van der Waals surface area contributed by atoms with Gasteiger partial charge in [-0.15, -0.1) is 0 Å². The third-order valence-electron chi connectivity index (χ3n) is 3.45. The highest BCUT2D eigenvalue weighted by atomic mass is 79.9. The average molecular weight is 411 g/mol. The van der Waals surface area contributed by atoms with Gasteiger partial charge in [-0.2, -0.15) is 0 Å². The number of benzene rings is 2. The Bertz CT molecular complexity index is 866. The van der Waals surface area contributed by atoms with Crippen LogP contribution in [0.25, 0.3) is 0 Å². The van der Waals surface area contributed by atoms with Crippen molar-refractivity contribution in [2.75, 3.05) is 22.4 Å². The number of sulfonamides is 1.